The van der Waals surface area contributed by atoms with Crippen molar-refractivity contribution in [3.8, 4) is 5.75 Å². The van der Waals surface area contributed by atoms with E-state index in [9.17, 15) is 13.2 Å². The summed E-state index contributed by atoms with van der Waals surface area (Å²) >= 11 is 9.44. The van der Waals surface area contributed by atoms with E-state index in [-0.39, 0.29) is 16.3 Å². The molecule has 1 amide bonds. The van der Waals surface area contributed by atoms with E-state index < -0.39 is 22.0 Å². The number of benzene rings is 3. The normalized spacial score (nSPS) is 12.2. The van der Waals surface area contributed by atoms with Gasteiger partial charge in [0.05, 0.1) is 17.0 Å². The topological polar surface area (TPSA) is 84.5 Å². The largest absolute Gasteiger partial charge is 0.495 e. The Bertz CT molecular complexity index is 1170. The summed E-state index contributed by atoms with van der Waals surface area (Å²) in [6, 6.07) is 19.3. The maximum absolute atomic E-state index is 13.0. The number of hydrogen-bond donors (Lipinski definition) is 2. The van der Waals surface area contributed by atoms with Crippen LogP contribution in [0.1, 0.15) is 5.56 Å². The van der Waals surface area contributed by atoms with Gasteiger partial charge in [-0.25, -0.2) is 8.42 Å². The lowest BCUT2D eigenvalue weighted by Crippen LogP contribution is -2.45. The fourth-order valence-corrected chi connectivity index (χ4v) is 4.85. The van der Waals surface area contributed by atoms with E-state index in [4.69, 9.17) is 16.3 Å². The number of rotatable bonds is 8. The molecular formula is C22H20BrClN2O4S. The van der Waals surface area contributed by atoms with Crippen molar-refractivity contribution in [3.63, 3.8) is 0 Å². The molecule has 0 aromatic heterocycles. The Hall–Kier alpha value is -2.39. The van der Waals surface area contributed by atoms with Crippen molar-refractivity contribution in [2.45, 2.75) is 17.4 Å². The molecule has 9 heteroatoms. The number of methoxy groups -OCH3 is 1. The third kappa shape index (κ3) is 6.30. The van der Waals surface area contributed by atoms with Crippen molar-refractivity contribution in [2.24, 2.45) is 0 Å². The maximum Gasteiger partial charge on any atom is 0.242 e. The molecule has 2 N–H and O–H groups in total. The quantitative estimate of drug-likeness (QED) is 0.451. The molecule has 0 aliphatic carbocycles. The summed E-state index contributed by atoms with van der Waals surface area (Å²) in [5.74, 6) is -0.126. The van der Waals surface area contributed by atoms with Crippen LogP contribution >= 0.6 is 27.5 Å². The molecule has 3 rings (SSSR count). The van der Waals surface area contributed by atoms with Gasteiger partial charge in [-0.2, -0.15) is 4.72 Å². The van der Waals surface area contributed by atoms with Crippen LogP contribution in [0.25, 0.3) is 0 Å². The van der Waals surface area contributed by atoms with Gasteiger partial charge < -0.3 is 10.1 Å². The number of sulfonamides is 1. The highest BCUT2D eigenvalue weighted by Crippen LogP contribution is 2.27. The predicted octanol–water partition coefficient (Wildman–Crippen LogP) is 4.64. The zero-order valence-corrected chi connectivity index (χ0v) is 19.7. The van der Waals surface area contributed by atoms with Crippen molar-refractivity contribution < 1.29 is 17.9 Å². The van der Waals surface area contributed by atoms with Crippen LogP contribution < -0.4 is 14.8 Å². The number of nitrogens with one attached hydrogen (secondary N) is 2. The first-order valence-electron chi connectivity index (χ1n) is 9.25. The van der Waals surface area contributed by atoms with Crippen LogP contribution in [0, 0.1) is 0 Å². The van der Waals surface area contributed by atoms with Gasteiger partial charge in [-0.1, -0.05) is 63.9 Å². The van der Waals surface area contributed by atoms with E-state index in [1.165, 1.54) is 25.3 Å². The number of hydrogen-bond acceptors (Lipinski definition) is 4. The van der Waals surface area contributed by atoms with Crippen molar-refractivity contribution in [2.75, 3.05) is 12.4 Å². The first kappa shape index (κ1) is 23.3. The molecule has 0 unspecified atom stereocenters. The first-order chi connectivity index (χ1) is 14.8. The molecule has 0 fully saturated rings. The molecule has 0 heterocycles. The second kappa shape index (κ2) is 10.3. The van der Waals surface area contributed by atoms with Gasteiger partial charge >= 0.3 is 0 Å². The van der Waals surface area contributed by atoms with Gasteiger partial charge in [0.25, 0.3) is 0 Å². The Morgan fingerprint density at radius 1 is 1.06 bits per heavy atom. The molecule has 3 aromatic rings. The van der Waals surface area contributed by atoms with E-state index in [0.717, 1.165) is 10.0 Å². The third-order valence-corrected chi connectivity index (χ3v) is 6.68. The van der Waals surface area contributed by atoms with Gasteiger partial charge in [0.2, 0.25) is 15.9 Å². The zero-order valence-electron chi connectivity index (χ0n) is 16.5. The van der Waals surface area contributed by atoms with E-state index >= 15 is 0 Å². The van der Waals surface area contributed by atoms with Crippen molar-refractivity contribution >= 4 is 49.1 Å². The first-order valence-corrected chi connectivity index (χ1v) is 11.9. The second-order valence-corrected chi connectivity index (χ2v) is 9.70. The molecular weight excluding hydrogens is 504 g/mol. The van der Waals surface area contributed by atoms with Crippen LogP contribution in [0.4, 0.5) is 5.69 Å². The highest BCUT2D eigenvalue weighted by molar-refractivity contribution is 9.10. The lowest BCUT2D eigenvalue weighted by atomic mass is 10.1. The Morgan fingerprint density at radius 2 is 1.81 bits per heavy atom. The third-order valence-electron chi connectivity index (χ3n) is 4.42. The van der Waals surface area contributed by atoms with Gasteiger partial charge in [-0.15, -0.1) is 0 Å². The monoisotopic (exact) mass is 522 g/mol. The molecule has 0 radical (unpaired) electrons. The number of ether oxygens (including phenoxy) is 1. The summed E-state index contributed by atoms with van der Waals surface area (Å²) in [6.45, 7) is 0. The lowest BCUT2D eigenvalue weighted by Gasteiger charge is -2.19. The van der Waals surface area contributed by atoms with E-state index in [1.807, 2.05) is 36.4 Å². The fourth-order valence-electron chi connectivity index (χ4n) is 2.90. The van der Waals surface area contributed by atoms with Crippen LogP contribution in [0.5, 0.6) is 5.75 Å². The maximum atomic E-state index is 13.0. The van der Waals surface area contributed by atoms with E-state index in [0.29, 0.717) is 11.4 Å². The van der Waals surface area contributed by atoms with Crippen LogP contribution in [-0.2, 0) is 21.2 Å². The predicted molar refractivity (Wildman–Crippen MR) is 125 cm³/mol. The molecule has 1 atom stereocenters. The summed E-state index contributed by atoms with van der Waals surface area (Å²) in [5, 5.41) is 2.92. The highest BCUT2D eigenvalue weighted by atomic mass is 79.9. The molecule has 162 valence electrons. The van der Waals surface area contributed by atoms with Crippen LogP contribution in [-0.4, -0.2) is 27.5 Å². The van der Waals surface area contributed by atoms with Crippen LogP contribution in [0.15, 0.2) is 82.2 Å². The Balaban J connectivity index is 1.88. The molecule has 31 heavy (non-hydrogen) atoms. The van der Waals surface area contributed by atoms with Crippen LogP contribution in [0.2, 0.25) is 5.02 Å². The van der Waals surface area contributed by atoms with Gasteiger partial charge in [0.15, 0.2) is 0 Å². The zero-order chi connectivity index (χ0) is 22.4. The summed E-state index contributed by atoms with van der Waals surface area (Å²) in [6.07, 6.45) is 0.170. The molecule has 6 nitrogen and oxygen atoms in total. The number of amides is 1. The van der Waals surface area contributed by atoms with Gasteiger partial charge in [-0.3, -0.25) is 4.79 Å². The minimum absolute atomic E-state index is 0.0633. The summed E-state index contributed by atoms with van der Waals surface area (Å²) in [4.78, 5) is 12.9. The minimum Gasteiger partial charge on any atom is -0.495 e. The molecule has 3 aromatic carbocycles. The average Bonchev–Trinajstić information content (AvgIpc) is 2.74. The molecule has 0 bridgehead atoms. The van der Waals surface area contributed by atoms with Crippen molar-refractivity contribution in [1.29, 1.82) is 0 Å². The Kier molecular flexibility index (Phi) is 7.72. The molecule has 0 spiro atoms. The molecule has 0 saturated heterocycles. The van der Waals surface area contributed by atoms with Crippen molar-refractivity contribution in [1.82, 2.24) is 4.72 Å². The summed E-state index contributed by atoms with van der Waals surface area (Å²) < 4.78 is 34.4. The second-order valence-electron chi connectivity index (χ2n) is 6.66. The number of carbonyl (C=O) groups is 1. The Morgan fingerprint density at radius 3 is 2.45 bits per heavy atom. The number of halogens is 2. The summed E-state index contributed by atoms with van der Waals surface area (Å²) in [5.41, 5.74) is 1.36. The average molecular weight is 524 g/mol. The van der Waals surface area contributed by atoms with Crippen LogP contribution in [0.3, 0.4) is 0 Å². The van der Waals surface area contributed by atoms with Crippen molar-refractivity contribution in [3.05, 3.63) is 87.9 Å². The standard InChI is InChI=1S/C22H20BrClN2O4S/c1-30-21-11-10-18(14-19(21)24)31(28,29)26-20(12-15-6-3-2-4-7-15)22(27)25-17-9-5-8-16(23)13-17/h2-11,13-14,20,26H,12H2,1H3,(H,25,27)/t20-/m1/s1. The number of anilines is 1. The molecule has 0 aliphatic rings. The SMILES string of the molecule is COc1ccc(S(=O)(=O)N[C@H](Cc2ccccc2)C(=O)Nc2cccc(Br)c2)cc1Cl. The van der Waals surface area contributed by atoms with Gasteiger partial charge in [-0.05, 0) is 48.4 Å². The van der Waals surface area contributed by atoms with E-state index in [2.05, 4.69) is 26.0 Å². The number of carbonyl (C=O) groups excluding carboxylic acids is 1. The van der Waals surface area contributed by atoms with E-state index in [1.54, 1.807) is 18.2 Å². The summed E-state index contributed by atoms with van der Waals surface area (Å²) in [7, 11) is -2.59. The minimum atomic E-state index is -4.03. The van der Waals surface area contributed by atoms with Gasteiger partial charge in [0.1, 0.15) is 11.8 Å². The molecule has 0 aliphatic heterocycles. The molecule has 0 saturated carbocycles. The fraction of sp³-hybridized carbons (Fsp3) is 0.136. The van der Waals surface area contributed by atoms with Gasteiger partial charge in [0, 0.05) is 10.2 Å². The highest BCUT2D eigenvalue weighted by Gasteiger charge is 2.27. The Labute approximate surface area is 194 Å². The smallest absolute Gasteiger partial charge is 0.242 e. The lowest BCUT2D eigenvalue weighted by molar-refractivity contribution is -0.117.